The SMILES string of the molecule is CC(C)Cc1noc(CN2CCCC(C=O)C2)n1. The van der Waals surface area contributed by atoms with Gasteiger partial charge < -0.3 is 9.32 Å². The van der Waals surface area contributed by atoms with E-state index in [9.17, 15) is 4.79 Å². The summed E-state index contributed by atoms with van der Waals surface area (Å²) < 4.78 is 5.25. The Labute approximate surface area is 108 Å². The molecule has 2 rings (SSSR count). The molecule has 1 unspecified atom stereocenters. The molecule has 0 saturated carbocycles. The van der Waals surface area contributed by atoms with Gasteiger partial charge in [0.05, 0.1) is 6.54 Å². The van der Waals surface area contributed by atoms with Gasteiger partial charge in [0.15, 0.2) is 5.82 Å². The highest BCUT2D eigenvalue weighted by atomic mass is 16.5. The molecule has 1 aliphatic heterocycles. The van der Waals surface area contributed by atoms with Gasteiger partial charge in [-0.3, -0.25) is 4.90 Å². The summed E-state index contributed by atoms with van der Waals surface area (Å²) >= 11 is 0. The topological polar surface area (TPSA) is 59.2 Å². The lowest BCUT2D eigenvalue weighted by Gasteiger charge is -2.28. The van der Waals surface area contributed by atoms with E-state index in [-0.39, 0.29) is 5.92 Å². The molecule has 0 N–H and O–H groups in total. The Morgan fingerprint density at radius 1 is 1.56 bits per heavy atom. The normalized spacial score (nSPS) is 21.4. The fourth-order valence-electron chi connectivity index (χ4n) is 2.34. The van der Waals surface area contributed by atoms with Crippen LogP contribution in [0.5, 0.6) is 0 Å². The largest absolute Gasteiger partial charge is 0.338 e. The van der Waals surface area contributed by atoms with Crippen molar-refractivity contribution < 1.29 is 9.32 Å². The quantitative estimate of drug-likeness (QED) is 0.745. The van der Waals surface area contributed by atoms with Crippen LogP contribution in [0, 0.1) is 11.8 Å². The zero-order valence-corrected chi connectivity index (χ0v) is 11.1. The van der Waals surface area contributed by atoms with E-state index in [4.69, 9.17) is 4.52 Å². The standard InChI is InChI=1S/C13H21N3O2/c1-10(2)6-12-14-13(18-15-12)8-16-5-3-4-11(7-16)9-17/h9-11H,3-8H2,1-2H3. The molecule has 100 valence electrons. The minimum atomic E-state index is 0.164. The van der Waals surface area contributed by atoms with Crippen molar-refractivity contribution >= 4 is 6.29 Å². The third-order valence-corrected chi connectivity index (χ3v) is 3.19. The predicted molar refractivity (Wildman–Crippen MR) is 66.9 cm³/mol. The molecule has 1 aromatic rings. The van der Waals surface area contributed by atoms with Crippen LogP contribution in [-0.4, -0.2) is 34.4 Å². The Morgan fingerprint density at radius 3 is 3.11 bits per heavy atom. The highest BCUT2D eigenvalue weighted by Gasteiger charge is 2.21. The number of hydrogen-bond acceptors (Lipinski definition) is 5. The number of hydrogen-bond donors (Lipinski definition) is 0. The lowest BCUT2D eigenvalue weighted by Crippen LogP contribution is -2.35. The average molecular weight is 251 g/mol. The summed E-state index contributed by atoms with van der Waals surface area (Å²) in [6.45, 7) is 6.75. The highest BCUT2D eigenvalue weighted by molar-refractivity contribution is 5.53. The van der Waals surface area contributed by atoms with Crippen LogP contribution in [0.3, 0.4) is 0 Å². The van der Waals surface area contributed by atoms with E-state index in [1.807, 2.05) is 0 Å². The second-order valence-electron chi connectivity index (χ2n) is 5.48. The van der Waals surface area contributed by atoms with Gasteiger partial charge in [-0.25, -0.2) is 0 Å². The molecule has 1 aromatic heterocycles. The van der Waals surface area contributed by atoms with Crippen molar-refractivity contribution in [3.63, 3.8) is 0 Å². The van der Waals surface area contributed by atoms with Crippen LogP contribution in [0.2, 0.25) is 0 Å². The maximum atomic E-state index is 10.8. The summed E-state index contributed by atoms with van der Waals surface area (Å²) in [6.07, 6.45) is 3.98. The number of rotatable bonds is 5. The average Bonchev–Trinajstić information content (AvgIpc) is 2.76. The number of nitrogens with zero attached hydrogens (tertiary/aromatic N) is 3. The molecule has 1 aliphatic rings. The number of aromatic nitrogens is 2. The van der Waals surface area contributed by atoms with Gasteiger partial charge in [0.2, 0.25) is 5.89 Å². The summed E-state index contributed by atoms with van der Waals surface area (Å²) in [5.74, 6) is 2.14. The van der Waals surface area contributed by atoms with Crippen LogP contribution in [0.4, 0.5) is 0 Å². The van der Waals surface area contributed by atoms with Gasteiger partial charge in [0, 0.05) is 18.9 Å². The van der Waals surface area contributed by atoms with E-state index < -0.39 is 0 Å². The van der Waals surface area contributed by atoms with Crippen molar-refractivity contribution in [2.75, 3.05) is 13.1 Å². The van der Waals surface area contributed by atoms with E-state index in [2.05, 4.69) is 28.9 Å². The lowest BCUT2D eigenvalue weighted by molar-refractivity contribution is -0.112. The van der Waals surface area contributed by atoms with Crippen molar-refractivity contribution in [2.45, 2.75) is 39.7 Å². The molecule has 0 radical (unpaired) electrons. The molecule has 0 bridgehead atoms. The summed E-state index contributed by atoms with van der Waals surface area (Å²) in [6, 6.07) is 0. The van der Waals surface area contributed by atoms with Crippen LogP contribution in [0.15, 0.2) is 4.52 Å². The first-order valence-corrected chi connectivity index (χ1v) is 6.66. The molecule has 2 heterocycles. The van der Waals surface area contributed by atoms with Crippen molar-refractivity contribution in [2.24, 2.45) is 11.8 Å². The summed E-state index contributed by atoms with van der Waals surface area (Å²) in [7, 11) is 0. The van der Waals surface area contributed by atoms with Gasteiger partial charge in [-0.05, 0) is 25.3 Å². The molecule has 5 nitrogen and oxygen atoms in total. The molecular formula is C13H21N3O2. The Bertz CT molecular complexity index is 389. The Balaban J connectivity index is 1.88. The highest BCUT2D eigenvalue weighted by Crippen LogP contribution is 2.16. The van der Waals surface area contributed by atoms with Crippen LogP contribution in [-0.2, 0) is 17.8 Å². The van der Waals surface area contributed by atoms with Gasteiger partial charge >= 0.3 is 0 Å². The number of aldehydes is 1. The molecule has 0 aliphatic carbocycles. The van der Waals surface area contributed by atoms with Gasteiger partial charge in [-0.1, -0.05) is 19.0 Å². The van der Waals surface area contributed by atoms with E-state index in [0.29, 0.717) is 18.4 Å². The van der Waals surface area contributed by atoms with Crippen molar-refractivity contribution in [1.29, 1.82) is 0 Å². The summed E-state index contributed by atoms with van der Waals surface area (Å²) in [5.41, 5.74) is 0. The Hall–Kier alpha value is -1.23. The first-order valence-electron chi connectivity index (χ1n) is 6.66. The Morgan fingerprint density at radius 2 is 2.39 bits per heavy atom. The second-order valence-corrected chi connectivity index (χ2v) is 5.48. The van der Waals surface area contributed by atoms with Crippen molar-refractivity contribution in [3.05, 3.63) is 11.7 Å². The Kier molecular flexibility index (Phi) is 4.47. The third-order valence-electron chi connectivity index (χ3n) is 3.19. The van der Waals surface area contributed by atoms with Crippen LogP contribution in [0.25, 0.3) is 0 Å². The summed E-state index contributed by atoms with van der Waals surface area (Å²) in [5, 5.41) is 3.98. The van der Waals surface area contributed by atoms with Gasteiger partial charge in [-0.2, -0.15) is 4.98 Å². The second kappa shape index (κ2) is 6.09. The van der Waals surface area contributed by atoms with Crippen molar-refractivity contribution in [1.82, 2.24) is 15.0 Å². The first-order chi connectivity index (χ1) is 8.67. The fraction of sp³-hybridized carbons (Fsp3) is 0.769. The van der Waals surface area contributed by atoms with Crippen LogP contribution in [0.1, 0.15) is 38.4 Å². The number of piperidine rings is 1. The maximum Gasteiger partial charge on any atom is 0.240 e. The molecule has 1 saturated heterocycles. The van der Waals surface area contributed by atoms with E-state index >= 15 is 0 Å². The predicted octanol–water partition coefficient (Wildman–Crippen LogP) is 1.68. The van der Waals surface area contributed by atoms with Crippen LogP contribution < -0.4 is 0 Å². The smallest absolute Gasteiger partial charge is 0.240 e. The molecule has 1 fully saturated rings. The molecular weight excluding hydrogens is 230 g/mol. The first kappa shape index (κ1) is 13.2. The zero-order chi connectivity index (χ0) is 13.0. The molecule has 5 heteroatoms. The minimum absolute atomic E-state index is 0.164. The number of carbonyl (C=O) groups excluding carboxylic acids is 1. The monoisotopic (exact) mass is 251 g/mol. The van der Waals surface area contributed by atoms with Crippen molar-refractivity contribution in [3.8, 4) is 0 Å². The van der Waals surface area contributed by atoms with Crippen LogP contribution >= 0.6 is 0 Å². The molecule has 1 atom stereocenters. The van der Waals surface area contributed by atoms with Gasteiger partial charge in [0.1, 0.15) is 6.29 Å². The van der Waals surface area contributed by atoms with E-state index in [1.165, 1.54) is 0 Å². The fourth-order valence-corrected chi connectivity index (χ4v) is 2.34. The third kappa shape index (κ3) is 3.63. The minimum Gasteiger partial charge on any atom is -0.338 e. The number of likely N-dealkylation sites (tertiary alicyclic amines) is 1. The molecule has 0 amide bonds. The molecule has 0 spiro atoms. The number of carbonyl (C=O) groups is 1. The maximum absolute atomic E-state index is 10.8. The zero-order valence-electron chi connectivity index (χ0n) is 11.1. The molecule has 18 heavy (non-hydrogen) atoms. The summed E-state index contributed by atoms with van der Waals surface area (Å²) in [4.78, 5) is 17.4. The molecule has 0 aromatic carbocycles. The van der Waals surface area contributed by atoms with E-state index in [1.54, 1.807) is 0 Å². The van der Waals surface area contributed by atoms with E-state index in [0.717, 1.165) is 44.5 Å². The van der Waals surface area contributed by atoms with Gasteiger partial charge in [0.25, 0.3) is 0 Å². The van der Waals surface area contributed by atoms with Gasteiger partial charge in [-0.15, -0.1) is 0 Å². The lowest BCUT2D eigenvalue weighted by atomic mass is 10.00.